The molecule has 1 aromatic carbocycles. The number of imidazole rings is 1. The normalized spacial score (nSPS) is 13.0. The molecule has 0 radical (unpaired) electrons. The number of rotatable bonds is 3. The Labute approximate surface area is 110 Å². The van der Waals surface area contributed by atoms with E-state index in [1.165, 1.54) is 10.4 Å². The third-order valence-electron chi connectivity index (χ3n) is 3.24. The number of nitrogens with two attached hydrogens (primary N) is 1. The summed E-state index contributed by atoms with van der Waals surface area (Å²) in [5, 5.41) is 2.12. The minimum absolute atomic E-state index is 0.178. The maximum atomic E-state index is 5.97. The van der Waals surface area contributed by atoms with Crippen LogP contribution in [0.15, 0.2) is 42.0 Å². The van der Waals surface area contributed by atoms with Gasteiger partial charge in [-0.05, 0) is 36.1 Å². The Morgan fingerprint density at radius 2 is 2.17 bits per heavy atom. The number of hydrogen-bond donors (Lipinski definition) is 1. The smallest absolute Gasteiger partial charge is 0.0964 e. The minimum Gasteiger partial charge on any atom is -0.328 e. The van der Waals surface area contributed by atoms with Crippen molar-refractivity contribution in [2.24, 2.45) is 5.73 Å². The van der Waals surface area contributed by atoms with Crippen LogP contribution in [0.5, 0.6) is 0 Å². The Bertz CT molecular complexity index is 668. The summed E-state index contributed by atoms with van der Waals surface area (Å²) in [5.74, 6) is 0. The molecule has 3 nitrogen and oxygen atoms in total. The average molecular weight is 257 g/mol. The Morgan fingerprint density at radius 3 is 2.89 bits per heavy atom. The van der Waals surface area contributed by atoms with E-state index in [1.807, 2.05) is 24.5 Å². The van der Waals surface area contributed by atoms with Crippen LogP contribution in [0, 0.1) is 6.92 Å². The highest BCUT2D eigenvalue weighted by atomic mass is 32.1. The Balaban J connectivity index is 2.15. The van der Waals surface area contributed by atoms with Crippen LogP contribution < -0.4 is 5.73 Å². The Hall–Kier alpha value is -1.65. The van der Waals surface area contributed by atoms with Crippen molar-refractivity contribution in [3.05, 3.63) is 52.5 Å². The van der Waals surface area contributed by atoms with Crippen LogP contribution in [-0.2, 0) is 0 Å². The van der Waals surface area contributed by atoms with E-state index in [-0.39, 0.29) is 6.04 Å². The monoisotopic (exact) mass is 257 g/mol. The molecule has 0 fully saturated rings. The first-order valence-corrected chi connectivity index (χ1v) is 6.85. The van der Waals surface area contributed by atoms with Crippen LogP contribution >= 0.6 is 11.3 Å². The second-order valence-electron chi connectivity index (χ2n) is 4.36. The van der Waals surface area contributed by atoms with Gasteiger partial charge in [-0.3, -0.25) is 0 Å². The summed E-state index contributed by atoms with van der Waals surface area (Å²) < 4.78 is 2.17. The third-order valence-corrected chi connectivity index (χ3v) is 4.36. The Kier molecular flexibility index (Phi) is 2.89. The molecule has 0 aliphatic rings. The molecule has 0 saturated heterocycles. The SMILES string of the molecule is Cc1ccsc1C(CN)n1cnc2ccccc21. The quantitative estimate of drug-likeness (QED) is 0.784. The first-order valence-electron chi connectivity index (χ1n) is 5.97. The van der Waals surface area contributed by atoms with Crippen molar-refractivity contribution < 1.29 is 0 Å². The molecule has 2 N–H and O–H groups in total. The molecule has 1 unspecified atom stereocenters. The summed E-state index contributed by atoms with van der Waals surface area (Å²) in [6, 6.07) is 10.5. The standard InChI is InChI=1S/C14H15N3S/c1-10-6-7-18-14(10)13(8-15)17-9-16-11-4-2-3-5-12(11)17/h2-7,9,13H,8,15H2,1H3. The second-order valence-corrected chi connectivity index (χ2v) is 5.31. The molecule has 4 heteroatoms. The fraction of sp³-hybridized carbons (Fsp3) is 0.214. The van der Waals surface area contributed by atoms with Crippen molar-refractivity contribution in [3.63, 3.8) is 0 Å². The maximum absolute atomic E-state index is 5.97. The predicted octanol–water partition coefficient (Wildman–Crippen LogP) is 2.95. The molecule has 0 spiro atoms. The number of aryl methyl sites for hydroxylation is 1. The molecule has 1 atom stereocenters. The second kappa shape index (κ2) is 4.55. The molecular formula is C14H15N3S. The molecule has 0 bridgehead atoms. The van der Waals surface area contributed by atoms with Gasteiger partial charge >= 0.3 is 0 Å². The number of aromatic nitrogens is 2. The van der Waals surface area contributed by atoms with Gasteiger partial charge in [-0.2, -0.15) is 0 Å². The Morgan fingerprint density at radius 1 is 1.33 bits per heavy atom. The van der Waals surface area contributed by atoms with Gasteiger partial charge in [0.1, 0.15) is 0 Å². The van der Waals surface area contributed by atoms with Crippen LogP contribution in [0.1, 0.15) is 16.5 Å². The summed E-state index contributed by atoms with van der Waals surface area (Å²) in [5.41, 5.74) is 9.43. The van der Waals surface area contributed by atoms with Crippen LogP contribution in [0.25, 0.3) is 11.0 Å². The lowest BCUT2D eigenvalue weighted by Crippen LogP contribution is -2.19. The number of fused-ring (bicyclic) bond motifs is 1. The van der Waals surface area contributed by atoms with Crippen LogP contribution in [-0.4, -0.2) is 16.1 Å². The van der Waals surface area contributed by atoms with Gasteiger partial charge in [-0.15, -0.1) is 11.3 Å². The van der Waals surface area contributed by atoms with Crippen molar-refractivity contribution in [2.75, 3.05) is 6.54 Å². The van der Waals surface area contributed by atoms with Crippen molar-refractivity contribution in [3.8, 4) is 0 Å². The highest BCUT2D eigenvalue weighted by Gasteiger charge is 2.17. The van der Waals surface area contributed by atoms with E-state index in [0.717, 1.165) is 11.0 Å². The first kappa shape index (κ1) is 11.4. The molecule has 0 amide bonds. The molecule has 2 heterocycles. The lowest BCUT2D eigenvalue weighted by Gasteiger charge is -2.17. The molecule has 3 aromatic rings. The van der Waals surface area contributed by atoms with Gasteiger partial charge < -0.3 is 10.3 Å². The molecular weight excluding hydrogens is 242 g/mol. The first-order chi connectivity index (χ1) is 8.81. The number of para-hydroxylation sites is 2. The van der Waals surface area contributed by atoms with E-state index in [0.29, 0.717) is 6.54 Å². The number of thiophene rings is 1. The van der Waals surface area contributed by atoms with Gasteiger partial charge in [0.25, 0.3) is 0 Å². The lowest BCUT2D eigenvalue weighted by molar-refractivity contribution is 0.618. The number of nitrogens with zero attached hydrogens (tertiary/aromatic N) is 2. The van der Waals surface area contributed by atoms with Gasteiger partial charge in [0.05, 0.1) is 23.4 Å². The average Bonchev–Trinajstić information content (AvgIpc) is 2.99. The molecule has 2 aromatic heterocycles. The molecule has 0 aliphatic heterocycles. The summed E-state index contributed by atoms with van der Waals surface area (Å²) in [6.45, 7) is 2.72. The van der Waals surface area contributed by atoms with Crippen molar-refractivity contribution in [1.82, 2.24) is 9.55 Å². The molecule has 92 valence electrons. The number of hydrogen-bond acceptors (Lipinski definition) is 3. The van der Waals surface area contributed by atoms with E-state index >= 15 is 0 Å². The molecule has 0 saturated carbocycles. The topological polar surface area (TPSA) is 43.8 Å². The third kappa shape index (κ3) is 1.74. The summed E-state index contributed by atoms with van der Waals surface area (Å²) >= 11 is 1.76. The van der Waals surface area contributed by atoms with E-state index < -0.39 is 0 Å². The predicted molar refractivity (Wildman–Crippen MR) is 76.0 cm³/mol. The van der Waals surface area contributed by atoms with Crippen molar-refractivity contribution in [1.29, 1.82) is 0 Å². The zero-order valence-electron chi connectivity index (χ0n) is 10.2. The molecule has 0 aliphatic carbocycles. The van der Waals surface area contributed by atoms with Gasteiger partial charge in [-0.25, -0.2) is 4.98 Å². The fourth-order valence-electron chi connectivity index (χ4n) is 2.30. The van der Waals surface area contributed by atoms with E-state index in [2.05, 4.69) is 34.0 Å². The van der Waals surface area contributed by atoms with E-state index in [9.17, 15) is 0 Å². The lowest BCUT2D eigenvalue weighted by atomic mass is 10.1. The van der Waals surface area contributed by atoms with Crippen LogP contribution in [0.2, 0.25) is 0 Å². The highest BCUT2D eigenvalue weighted by Crippen LogP contribution is 2.29. The number of benzene rings is 1. The van der Waals surface area contributed by atoms with Crippen LogP contribution in [0.3, 0.4) is 0 Å². The van der Waals surface area contributed by atoms with Gasteiger partial charge in [0, 0.05) is 11.4 Å². The zero-order chi connectivity index (χ0) is 12.5. The summed E-state index contributed by atoms with van der Waals surface area (Å²) in [4.78, 5) is 5.76. The van der Waals surface area contributed by atoms with Gasteiger partial charge in [-0.1, -0.05) is 12.1 Å². The summed E-state index contributed by atoms with van der Waals surface area (Å²) in [6.07, 6.45) is 1.89. The summed E-state index contributed by atoms with van der Waals surface area (Å²) in [7, 11) is 0. The molecule has 18 heavy (non-hydrogen) atoms. The fourth-order valence-corrected chi connectivity index (χ4v) is 3.34. The van der Waals surface area contributed by atoms with Crippen molar-refractivity contribution >= 4 is 22.4 Å². The maximum Gasteiger partial charge on any atom is 0.0964 e. The minimum atomic E-state index is 0.178. The zero-order valence-corrected chi connectivity index (χ0v) is 11.0. The van der Waals surface area contributed by atoms with Crippen molar-refractivity contribution in [2.45, 2.75) is 13.0 Å². The van der Waals surface area contributed by atoms with Gasteiger partial charge in [0.2, 0.25) is 0 Å². The largest absolute Gasteiger partial charge is 0.328 e. The highest BCUT2D eigenvalue weighted by molar-refractivity contribution is 7.10. The molecule has 3 rings (SSSR count). The van der Waals surface area contributed by atoms with E-state index in [1.54, 1.807) is 11.3 Å². The van der Waals surface area contributed by atoms with E-state index in [4.69, 9.17) is 5.73 Å². The van der Waals surface area contributed by atoms with Gasteiger partial charge in [0.15, 0.2) is 0 Å². The van der Waals surface area contributed by atoms with Crippen LogP contribution in [0.4, 0.5) is 0 Å².